The average molecular weight is 925 g/mol. The van der Waals surface area contributed by atoms with Crippen LogP contribution in [0.25, 0.3) is 0 Å². The lowest BCUT2D eigenvalue weighted by Gasteiger charge is -2.27. The van der Waals surface area contributed by atoms with Gasteiger partial charge in [0.15, 0.2) is 0 Å². The molecule has 0 bridgehead atoms. The molecule has 13 nitrogen and oxygen atoms in total. The van der Waals surface area contributed by atoms with Crippen molar-refractivity contribution in [2.24, 2.45) is 0 Å². The van der Waals surface area contributed by atoms with E-state index < -0.39 is 43.4 Å². The Labute approximate surface area is 399 Å². The van der Waals surface area contributed by atoms with E-state index in [1.54, 1.807) is 24.3 Å². The fourth-order valence-electron chi connectivity index (χ4n) is 6.93. The molecule has 0 saturated carbocycles. The number of amides is 2. The Morgan fingerprint density at radius 3 is 1.13 bits per heavy atom. The second-order valence-corrected chi connectivity index (χ2v) is 16.2. The number of benzene rings is 6. The van der Waals surface area contributed by atoms with Gasteiger partial charge >= 0.3 is 13.2 Å². The molecule has 0 aromatic heterocycles. The summed E-state index contributed by atoms with van der Waals surface area (Å²) in [6, 6.07) is 53.1. The minimum Gasteiger partial charge on any atom is -0.445 e. The van der Waals surface area contributed by atoms with E-state index in [0.717, 1.165) is 27.8 Å². The van der Waals surface area contributed by atoms with Crippen LogP contribution in [0.5, 0.6) is 0 Å². The van der Waals surface area contributed by atoms with E-state index in [9.17, 15) is 19.6 Å². The van der Waals surface area contributed by atoms with Gasteiger partial charge in [-0.1, -0.05) is 176 Å². The van der Waals surface area contributed by atoms with Gasteiger partial charge in [-0.25, -0.2) is 4.79 Å². The Morgan fingerprint density at radius 1 is 0.426 bits per heavy atom. The molecule has 0 spiro atoms. The Hall–Kier alpha value is -6.20. The molecule has 4 N–H and O–H groups in total. The molecule has 1 atom stereocenters. The standard InChI is InChI=1S/C54H61BN2O11/c58-53(52(30-42-26-28-48(29-27-42)55(60)61)57-54(59)68-35-47-24-14-5-15-25-47)56-49(36-66-50(38-62-31-43-16-6-1-7-17-43)39-63-32-44-18-8-2-9-19-44)37-67-51(40-64-33-45-20-10-3-11-21-45)41-65-34-46-22-12-4-13-23-46/h1-29,49-52,60-61H,30-41H2,(H,56,58)(H,57,59). The van der Waals surface area contributed by atoms with E-state index >= 15 is 0 Å². The van der Waals surface area contributed by atoms with E-state index in [-0.39, 0.29) is 58.1 Å². The lowest BCUT2D eigenvalue weighted by molar-refractivity contribution is -0.127. The molecule has 0 saturated heterocycles. The molecule has 0 aliphatic heterocycles. The first-order valence-electron chi connectivity index (χ1n) is 22.8. The van der Waals surface area contributed by atoms with Crippen LogP contribution in [-0.2, 0) is 77.4 Å². The molecule has 68 heavy (non-hydrogen) atoms. The van der Waals surface area contributed by atoms with Crippen LogP contribution in [0, 0.1) is 0 Å². The number of carbonyl (C=O) groups is 2. The van der Waals surface area contributed by atoms with Gasteiger partial charge in [-0.3, -0.25) is 4.79 Å². The van der Waals surface area contributed by atoms with Crippen LogP contribution in [0.4, 0.5) is 4.79 Å². The molecule has 14 heteroatoms. The van der Waals surface area contributed by atoms with Crippen LogP contribution in [0.15, 0.2) is 176 Å². The highest BCUT2D eigenvalue weighted by molar-refractivity contribution is 6.58. The highest BCUT2D eigenvalue weighted by Crippen LogP contribution is 2.11. The van der Waals surface area contributed by atoms with Crippen molar-refractivity contribution in [3.8, 4) is 0 Å². The fraction of sp³-hybridized carbons (Fsp3) is 0.296. The molecule has 0 radical (unpaired) electrons. The van der Waals surface area contributed by atoms with E-state index in [1.807, 2.05) is 152 Å². The van der Waals surface area contributed by atoms with E-state index in [1.165, 1.54) is 0 Å². The van der Waals surface area contributed by atoms with Crippen molar-refractivity contribution in [2.45, 2.75) is 63.7 Å². The summed E-state index contributed by atoms with van der Waals surface area (Å²) < 4.78 is 43.1. The maximum Gasteiger partial charge on any atom is 0.488 e. The van der Waals surface area contributed by atoms with Gasteiger partial charge in [0.05, 0.1) is 72.1 Å². The van der Waals surface area contributed by atoms with Gasteiger partial charge in [-0.2, -0.15) is 0 Å². The molecule has 6 aromatic carbocycles. The second-order valence-electron chi connectivity index (χ2n) is 16.2. The third-order valence-corrected chi connectivity index (χ3v) is 10.6. The number of hydrogen-bond donors (Lipinski definition) is 4. The first kappa shape index (κ1) is 51.2. The van der Waals surface area contributed by atoms with Crippen molar-refractivity contribution in [3.63, 3.8) is 0 Å². The smallest absolute Gasteiger partial charge is 0.445 e. The summed E-state index contributed by atoms with van der Waals surface area (Å²) in [4.78, 5) is 27.8. The van der Waals surface area contributed by atoms with Crippen LogP contribution in [0.2, 0.25) is 0 Å². The maximum absolute atomic E-state index is 14.5. The molecule has 2 amide bonds. The van der Waals surface area contributed by atoms with Crippen molar-refractivity contribution in [1.82, 2.24) is 10.6 Å². The number of carbonyl (C=O) groups excluding carboxylic acids is 2. The summed E-state index contributed by atoms with van der Waals surface area (Å²) >= 11 is 0. The molecule has 356 valence electrons. The first-order chi connectivity index (χ1) is 33.4. The predicted octanol–water partition coefficient (Wildman–Crippen LogP) is 6.33. The van der Waals surface area contributed by atoms with Crippen LogP contribution < -0.4 is 16.1 Å². The molecule has 6 rings (SSSR count). The van der Waals surface area contributed by atoms with Crippen molar-refractivity contribution in [3.05, 3.63) is 209 Å². The minimum atomic E-state index is -1.66. The number of ether oxygens (including phenoxy) is 7. The van der Waals surface area contributed by atoms with Gasteiger partial charge in [-0.15, -0.1) is 0 Å². The number of rotatable bonds is 30. The first-order valence-corrected chi connectivity index (χ1v) is 22.8. The SMILES string of the molecule is O=C(NC(Cc1ccc(B(O)O)cc1)C(=O)NC(COC(COCc1ccccc1)COCc1ccccc1)COC(COCc1ccccc1)COCc1ccccc1)OCc1ccccc1. The topological polar surface area (TPSA) is 163 Å². The highest BCUT2D eigenvalue weighted by atomic mass is 16.6. The quantitative estimate of drug-likeness (QED) is 0.0374. The molecule has 0 fully saturated rings. The van der Waals surface area contributed by atoms with Crippen LogP contribution >= 0.6 is 0 Å². The summed E-state index contributed by atoms with van der Waals surface area (Å²) in [6.07, 6.45) is -1.82. The zero-order valence-electron chi connectivity index (χ0n) is 38.2. The largest absolute Gasteiger partial charge is 0.488 e. The lowest BCUT2D eigenvalue weighted by atomic mass is 9.80. The van der Waals surface area contributed by atoms with Gasteiger partial charge in [0.25, 0.3) is 0 Å². The summed E-state index contributed by atoms with van der Waals surface area (Å²) in [5, 5.41) is 25.2. The molecular formula is C54H61BN2O11. The molecule has 0 aliphatic carbocycles. The van der Waals surface area contributed by atoms with Gasteiger partial charge in [0, 0.05) is 6.42 Å². The fourth-order valence-corrected chi connectivity index (χ4v) is 6.93. The average Bonchev–Trinajstić information content (AvgIpc) is 3.37. The monoisotopic (exact) mass is 924 g/mol. The summed E-state index contributed by atoms with van der Waals surface area (Å²) in [5.74, 6) is -0.528. The Bertz CT molecular complexity index is 2090. The summed E-state index contributed by atoms with van der Waals surface area (Å²) in [7, 11) is -1.66. The molecule has 6 aromatic rings. The van der Waals surface area contributed by atoms with Crippen molar-refractivity contribution >= 4 is 24.6 Å². The van der Waals surface area contributed by atoms with Crippen molar-refractivity contribution < 1.29 is 52.8 Å². The van der Waals surface area contributed by atoms with E-state index in [0.29, 0.717) is 32.0 Å². The summed E-state index contributed by atoms with van der Waals surface area (Å²) in [6.45, 7) is 2.21. The third-order valence-electron chi connectivity index (χ3n) is 10.6. The Kier molecular flexibility index (Phi) is 22.2. The number of nitrogens with one attached hydrogen (secondary N) is 2. The highest BCUT2D eigenvalue weighted by Gasteiger charge is 2.27. The molecule has 0 heterocycles. The van der Waals surface area contributed by atoms with Crippen LogP contribution in [0.3, 0.4) is 0 Å². The van der Waals surface area contributed by atoms with Crippen LogP contribution in [0.1, 0.15) is 33.4 Å². The molecular weight excluding hydrogens is 863 g/mol. The normalized spacial score (nSPS) is 11.7. The molecule has 1 unspecified atom stereocenters. The zero-order chi connectivity index (χ0) is 47.4. The Balaban J connectivity index is 1.19. The van der Waals surface area contributed by atoms with Gasteiger partial charge in [0.1, 0.15) is 24.9 Å². The predicted molar refractivity (Wildman–Crippen MR) is 259 cm³/mol. The molecule has 0 aliphatic rings. The lowest BCUT2D eigenvalue weighted by Crippen LogP contribution is -2.53. The van der Waals surface area contributed by atoms with Crippen LogP contribution in [-0.4, -0.2) is 93.1 Å². The van der Waals surface area contributed by atoms with E-state index in [4.69, 9.17) is 33.2 Å². The van der Waals surface area contributed by atoms with Gasteiger partial charge in [-0.05, 0) is 38.8 Å². The van der Waals surface area contributed by atoms with Gasteiger partial charge < -0.3 is 53.8 Å². The summed E-state index contributed by atoms with van der Waals surface area (Å²) in [5.41, 5.74) is 5.74. The zero-order valence-corrected chi connectivity index (χ0v) is 38.2. The van der Waals surface area contributed by atoms with Crippen molar-refractivity contribution in [1.29, 1.82) is 0 Å². The Morgan fingerprint density at radius 2 is 0.779 bits per heavy atom. The van der Waals surface area contributed by atoms with E-state index in [2.05, 4.69) is 10.6 Å². The maximum atomic E-state index is 14.5. The number of hydrogen-bond acceptors (Lipinski definition) is 11. The third kappa shape index (κ3) is 19.6. The minimum absolute atomic E-state index is 0.00540. The van der Waals surface area contributed by atoms with Crippen molar-refractivity contribution in [2.75, 3.05) is 39.6 Å². The van der Waals surface area contributed by atoms with Gasteiger partial charge in [0.2, 0.25) is 5.91 Å². The number of alkyl carbamates (subject to hydrolysis) is 1. The second kappa shape index (κ2) is 29.5.